The molecule has 2 aromatic carbocycles. The predicted molar refractivity (Wildman–Crippen MR) is 136 cm³/mol. The van der Waals surface area contributed by atoms with Crippen LogP contribution >= 0.6 is 0 Å². The van der Waals surface area contributed by atoms with Crippen molar-refractivity contribution in [3.05, 3.63) is 60.9 Å². The molecule has 5 rings (SSSR count). The monoisotopic (exact) mass is 442 g/mol. The Labute approximate surface area is 196 Å². The largest absolute Gasteiger partial charge is 0.353 e. The van der Waals surface area contributed by atoms with Crippen LogP contribution < -0.4 is 5.32 Å². The summed E-state index contributed by atoms with van der Waals surface area (Å²) in [6, 6.07) is 17.9. The van der Waals surface area contributed by atoms with E-state index in [9.17, 15) is 4.79 Å². The number of amides is 1. The van der Waals surface area contributed by atoms with Crippen LogP contribution in [-0.2, 0) is 18.4 Å². The van der Waals surface area contributed by atoms with Crippen LogP contribution in [0.5, 0.6) is 0 Å². The number of aromatic nitrogens is 2. The fourth-order valence-electron chi connectivity index (χ4n) is 5.33. The molecule has 0 spiro atoms. The second-order valence-corrected chi connectivity index (χ2v) is 9.50. The third-order valence-electron chi connectivity index (χ3n) is 7.31. The molecule has 1 aliphatic carbocycles. The summed E-state index contributed by atoms with van der Waals surface area (Å²) in [7, 11) is 4.27. The summed E-state index contributed by atoms with van der Waals surface area (Å²) in [6.45, 7) is 1.95. The van der Waals surface area contributed by atoms with Gasteiger partial charge in [0.15, 0.2) is 0 Å². The van der Waals surface area contributed by atoms with Crippen LogP contribution in [0.3, 0.4) is 0 Å². The first-order valence-electron chi connectivity index (χ1n) is 12.2. The van der Waals surface area contributed by atoms with E-state index >= 15 is 0 Å². The maximum atomic E-state index is 12.7. The standard InChI is InChI=1S/C28H34N4O/c1-30(23-7-4-3-5-8-23)18-15-29-28(33)20-32-17-13-21-11-12-22(19-27(21)32)24-9-6-10-26-25(24)14-16-31(26)2/h6,9-14,16-17,19,23H,3-5,7-8,15,18,20H2,1-2H3,(H,29,33). The van der Waals surface area contributed by atoms with E-state index in [-0.39, 0.29) is 5.91 Å². The smallest absolute Gasteiger partial charge is 0.239 e. The molecule has 1 saturated carbocycles. The molecule has 2 heterocycles. The van der Waals surface area contributed by atoms with Crippen LogP contribution in [-0.4, -0.2) is 46.1 Å². The average molecular weight is 443 g/mol. The summed E-state index contributed by atoms with van der Waals surface area (Å²) in [5.41, 5.74) is 4.71. The minimum atomic E-state index is 0.0695. The highest BCUT2D eigenvalue weighted by Crippen LogP contribution is 2.31. The fourth-order valence-corrected chi connectivity index (χ4v) is 5.33. The summed E-state index contributed by atoms with van der Waals surface area (Å²) in [4.78, 5) is 15.1. The molecule has 0 unspecified atom stereocenters. The van der Waals surface area contributed by atoms with E-state index in [1.807, 2.05) is 6.20 Å². The predicted octanol–water partition coefficient (Wildman–Crippen LogP) is 5.18. The van der Waals surface area contributed by atoms with Crippen molar-refractivity contribution in [3.8, 4) is 11.1 Å². The first-order valence-corrected chi connectivity index (χ1v) is 12.2. The highest BCUT2D eigenvalue weighted by Gasteiger charge is 2.17. The number of nitrogens with one attached hydrogen (secondary N) is 1. The van der Waals surface area contributed by atoms with Gasteiger partial charge in [-0.3, -0.25) is 4.79 Å². The molecule has 5 heteroatoms. The van der Waals surface area contributed by atoms with Crippen molar-refractivity contribution in [1.29, 1.82) is 0 Å². The van der Waals surface area contributed by atoms with Gasteiger partial charge in [0.2, 0.25) is 5.91 Å². The molecule has 33 heavy (non-hydrogen) atoms. The molecule has 172 valence electrons. The van der Waals surface area contributed by atoms with Gasteiger partial charge in [-0.25, -0.2) is 0 Å². The zero-order valence-electron chi connectivity index (χ0n) is 19.8. The van der Waals surface area contributed by atoms with E-state index in [1.165, 1.54) is 54.1 Å². The van der Waals surface area contributed by atoms with Crippen LogP contribution in [0.25, 0.3) is 32.9 Å². The third-order valence-corrected chi connectivity index (χ3v) is 7.31. The Kier molecular flexibility index (Phi) is 6.23. The number of nitrogens with zero attached hydrogens (tertiary/aromatic N) is 3. The molecular formula is C28H34N4O. The summed E-state index contributed by atoms with van der Waals surface area (Å²) < 4.78 is 4.21. The van der Waals surface area contributed by atoms with E-state index in [0.29, 0.717) is 19.1 Å². The number of carbonyl (C=O) groups is 1. The van der Waals surface area contributed by atoms with Crippen LogP contribution in [0.2, 0.25) is 0 Å². The van der Waals surface area contributed by atoms with Crippen LogP contribution in [0.15, 0.2) is 60.9 Å². The summed E-state index contributed by atoms with van der Waals surface area (Å²) in [5.74, 6) is 0.0695. The molecular weight excluding hydrogens is 408 g/mol. The van der Waals surface area contributed by atoms with Crippen molar-refractivity contribution in [2.24, 2.45) is 7.05 Å². The Bertz CT molecular complexity index is 1260. The van der Waals surface area contributed by atoms with Crippen molar-refractivity contribution >= 4 is 27.7 Å². The minimum Gasteiger partial charge on any atom is -0.353 e. The Morgan fingerprint density at radius 2 is 1.88 bits per heavy atom. The Morgan fingerprint density at radius 1 is 1.03 bits per heavy atom. The van der Waals surface area contributed by atoms with Gasteiger partial charge >= 0.3 is 0 Å². The first kappa shape index (κ1) is 21.8. The lowest BCUT2D eigenvalue weighted by Gasteiger charge is -2.31. The molecule has 0 bridgehead atoms. The molecule has 0 radical (unpaired) electrons. The summed E-state index contributed by atoms with van der Waals surface area (Å²) >= 11 is 0. The van der Waals surface area contributed by atoms with Crippen LogP contribution in [0.1, 0.15) is 32.1 Å². The lowest BCUT2D eigenvalue weighted by molar-refractivity contribution is -0.121. The van der Waals surface area contributed by atoms with Gasteiger partial charge in [-0.2, -0.15) is 0 Å². The second-order valence-electron chi connectivity index (χ2n) is 9.50. The normalized spacial score (nSPS) is 15.0. The fraction of sp³-hybridized carbons (Fsp3) is 0.393. The number of hydrogen-bond donors (Lipinski definition) is 1. The Hall–Kier alpha value is -3.05. The number of aryl methyl sites for hydroxylation is 1. The molecule has 0 atom stereocenters. The number of fused-ring (bicyclic) bond motifs is 2. The number of likely N-dealkylation sites (N-methyl/N-ethyl adjacent to an activating group) is 1. The van der Waals surface area contributed by atoms with E-state index < -0.39 is 0 Å². The molecule has 0 aliphatic heterocycles. The van der Waals surface area contributed by atoms with E-state index in [2.05, 4.69) is 88.2 Å². The minimum absolute atomic E-state index is 0.0695. The lowest BCUT2D eigenvalue weighted by Crippen LogP contribution is -2.40. The number of rotatable bonds is 7. The Balaban J connectivity index is 1.27. The van der Waals surface area contributed by atoms with Crippen molar-refractivity contribution in [2.75, 3.05) is 20.1 Å². The van der Waals surface area contributed by atoms with Crippen LogP contribution in [0, 0.1) is 0 Å². The van der Waals surface area contributed by atoms with Gasteiger partial charge in [-0.15, -0.1) is 0 Å². The first-order chi connectivity index (χ1) is 16.1. The summed E-state index contributed by atoms with van der Waals surface area (Å²) in [6.07, 6.45) is 10.7. The summed E-state index contributed by atoms with van der Waals surface area (Å²) in [5, 5.41) is 5.53. The molecule has 5 nitrogen and oxygen atoms in total. The van der Waals surface area contributed by atoms with E-state index in [1.54, 1.807) is 0 Å². The van der Waals surface area contributed by atoms with Crippen molar-refractivity contribution in [1.82, 2.24) is 19.4 Å². The van der Waals surface area contributed by atoms with Crippen molar-refractivity contribution < 1.29 is 4.79 Å². The quantitative estimate of drug-likeness (QED) is 0.428. The molecule has 1 N–H and O–H groups in total. The maximum Gasteiger partial charge on any atom is 0.239 e. The van der Waals surface area contributed by atoms with Gasteiger partial charge in [0.1, 0.15) is 6.54 Å². The molecule has 1 aliphatic rings. The van der Waals surface area contributed by atoms with Gasteiger partial charge < -0.3 is 19.4 Å². The SMILES string of the molecule is CN(CCNC(=O)Cn1ccc2ccc(-c3cccc4c3ccn4C)cc21)C1CCCCC1. The van der Waals surface area contributed by atoms with Gasteiger partial charge in [0.05, 0.1) is 0 Å². The maximum absolute atomic E-state index is 12.7. The van der Waals surface area contributed by atoms with Gasteiger partial charge in [0.25, 0.3) is 0 Å². The van der Waals surface area contributed by atoms with Gasteiger partial charge in [-0.05, 0) is 60.7 Å². The number of carbonyl (C=O) groups excluding carboxylic acids is 1. The Morgan fingerprint density at radius 3 is 2.73 bits per heavy atom. The molecule has 2 aromatic heterocycles. The molecule has 0 saturated heterocycles. The van der Waals surface area contributed by atoms with Crippen molar-refractivity contribution in [2.45, 2.75) is 44.7 Å². The molecule has 1 amide bonds. The topological polar surface area (TPSA) is 42.2 Å². The number of hydrogen-bond acceptors (Lipinski definition) is 2. The zero-order chi connectivity index (χ0) is 22.8. The van der Waals surface area contributed by atoms with Crippen LogP contribution in [0.4, 0.5) is 0 Å². The highest BCUT2D eigenvalue weighted by atomic mass is 16.1. The lowest BCUT2D eigenvalue weighted by atomic mass is 9.94. The third kappa shape index (κ3) is 4.55. The van der Waals surface area contributed by atoms with Crippen molar-refractivity contribution in [3.63, 3.8) is 0 Å². The molecule has 1 fully saturated rings. The molecule has 4 aromatic rings. The zero-order valence-corrected chi connectivity index (χ0v) is 19.8. The van der Waals surface area contributed by atoms with E-state index in [0.717, 1.165) is 17.4 Å². The van der Waals surface area contributed by atoms with Gasteiger partial charge in [0, 0.05) is 55.0 Å². The average Bonchev–Trinajstić information content (AvgIpc) is 3.42. The van der Waals surface area contributed by atoms with E-state index in [4.69, 9.17) is 0 Å². The number of benzene rings is 2. The van der Waals surface area contributed by atoms with Gasteiger partial charge in [-0.1, -0.05) is 43.5 Å². The highest BCUT2D eigenvalue weighted by molar-refractivity contribution is 5.98. The second kappa shape index (κ2) is 9.44.